The fourth-order valence-corrected chi connectivity index (χ4v) is 5.26. The summed E-state index contributed by atoms with van der Waals surface area (Å²) in [5.74, 6) is 1.20. The van der Waals surface area contributed by atoms with Crippen LogP contribution in [0.4, 0.5) is 0 Å². The van der Waals surface area contributed by atoms with Gasteiger partial charge >= 0.3 is 0 Å². The lowest BCUT2D eigenvalue weighted by atomic mass is 9.80. The third-order valence-corrected chi connectivity index (χ3v) is 6.60. The Balaban J connectivity index is 2.22. The summed E-state index contributed by atoms with van der Waals surface area (Å²) in [6.45, 7) is 4.53. The monoisotopic (exact) mass is 343 g/mol. The van der Waals surface area contributed by atoms with E-state index >= 15 is 0 Å². The van der Waals surface area contributed by atoms with E-state index in [1.165, 1.54) is 6.42 Å². The number of rotatable bonds is 3. The quantitative estimate of drug-likeness (QED) is 0.908. The summed E-state index contributed by atoms with van der Waals surface area (Å²) >= 11 is 3.42. The van der Waals surface area contributed by atoms with E-state index in [4.69, 9.17) is 0 Å². The Hall–Kier alpha value is -0.190. The summed E-state index contributed by atoms with van der Waals surface area (Å²) in [6, 6.07) is 8.23. The second-order valence-electron chi connectivity index (χ2n) is 5.66. The molecule has 19 heavy (non-hydrogen) atoms. The Morgan fingerprint density at radius 2 is 1.84 bits per heavy atom. The zero-order valence-corrected chi connectivity index (χ0v) is 14.1. The fourth-order valence-electron chi connectivity index (χ4n) is 3.20. The van der Waals surface area contributed by atoms with Crippen molar-refractivity contribution in [1.29, 1.82) is 0 Å². The molecule has 4 heteroatoms. The molecule has 1 aromatic rings. The molecular formula is C15H22BrNOS. The molecule has 2 rings (SSSR count). The van der Waals surface area contributed by atoms with Crippen LogP contribution in [0.1, 0.15) is 26.7 Å². The summed E-state index contributed by atoms with van der Waals surface area (Å²) in [4.78, 5) is 0.940. The van der Waals surface area contributed by atoms with E-state index in [-0.39, 0.29) is 5.25 Å². The van der Waals surface area contributed by atoms with Crippen molar-refractivity contribution in [2.75, 3.05) is 7.05 Å². The first-order chi connectivity index (χ1) is 9.02. The summed E-state index contributed by atoms with van der Waals surface area (Å²) < 4.78 is 13.9. The molecule has 0 amide bonds. The van der Waals surface area contributed by atoms with Crippen molar-refractivity contribution < 1.29 is 4.21 Å². The van der Waals surface area contributed by atoms with E-state index in [2.05, 4.69) is 35.1 Å². The van der Waals surface area contributed by atoms with Crippen LogP contribution in [0.25, 0.3) is 0 Å². The summed E-state index contributed by atoms with van der Waals surface area (Å²) in [6.07, 6.45) is 2.29. The van der Waals surface area contributed by atoms with Crippen molar-refractivity contribution in [3.8, 4) is 0 Å². The molecule has 0 saturated heterocycles. The Morgan fingerprint density at radius 1 is 1.21 bits per heavy atom. The zero-order valence-electron chi connectivity index (χ0n) is 11.7. The second-order valence-corrected chi connectivity index (χ2v) is 8.19. The Labute approximate surface area is 127 Å². The number of nitrogens with one attached hydrogen (secondary N) is 1. The maximum absolute atomic E-state index is 12.9. The maximum atomic E-state index is 12.9. The average molecular weight is 344 g/mol. The van der Waals surface area contributed by atoms with Crippen molar-refractivity contribution in [1.82, 2.24) is 5.32 Å². The van der Waals surface area contributed by atoms with Gasteiger partial charge in [0.15, 0.2) is 0 Å². The second kappa shape index (κ2) is 6.51. The molecular weight excluding hydrogens is 322 g/mol. The highest BCUT2D eigenvalue weighted by atomic mass is 79.9. The molecule has 0 spiro atoms. The molecule has 106 valence electrons. The number of halogens is 1. The van der Waals surface area contributed by atoms with E-state index in [9.17, 15) is 4.21 Å². The van der Waals surface area contributed by atoms with Gasteiger partial charge in [0, 0.05) is 15.4 Å². The first-order valence-electron chi connectivity index (χ1n) is 6.86. The molecule has 0 bridgehead atoms. The average Bonchev–Trinajstić information content (AvgIpc) is 2.38. The molecule has 0 aliphatic heterocycles. The number of hydrogen-bond acceptors (Lipinski definition) is 2. The third kappa shape index (κ3) is 3.47. The maximum Gasteiger partial charge on any atom is 0.0579 e. The summed E-state index contributed by atoms with van der Waals surface area (Å²) in [5, 5.41) is 3.59. The first kappa shape index (κ1) is 15.2. The van der Waals surface area contributed by atoms with Crippen LogP contribution in [0.5, 0.6) is 0 Å². The lowest BCUT2D eigenvalue weighted by Gasteiger charge is -2.38. The van der Waals surface area contributed by atoms with E-state index < -0.39 is 10.8 Å². The SMILES string of the molecule is CNC1CC(C)CC(C)C1S(=O)c1ccc(Br)cc1. The lowest BCUT2D eigenvalue weighted by Crippen LogP contribution is -2.48. The number of hydrogen-bond donors (Lipinski definition) is 1. The van der Waals surface area contributed by atoms with Gasteiger partial charge in [-0.1, -0.05) is 29.8 Å². The minimum absolute atomic E-state index is 0.211. The Bertz CT molecular complexity index is 448. The summed E-state index contributed by atoms with van der Waals surface area (Å²) in [5.41, 5.74) is 0. The van der Waals surface area contributed by atoms with Gasteiger partial charge in [-0.25, -0.2) is 0 Å². The largest absolute Gasteiger partial charge is 0.316 e. The molecule has 0 radical (unpaired) electrons. The van der Waals surface area contributed by atoms with Gasteiger partial charge in [-0.05, 0) is 56.0 Å². The molecule has 1 saturated carbocycles. The van der Waals surface area contributed by atoms with E-state index in [0.717, 1.165) is 15.8 Å². The van der Waals surface area contributed by atoms with Crippen LogP contribution in [0.3, 0.4) is 0 Å². The molecule has 2 nitrogen and oxygen atoms in total. The molecule has 1 aromatic carbocycles. The molecule has 1 N–H and O–H groups in total. The molecule has 1 aliphatic carbocycles. The standard InChI is InChI=1S/C15H22BrNOS/c1-10-8-11(2)15(14(9-10)17-3)19(18)13-6-4-12(16)5-7-13/h4-7,10-11,14-15,17H,8-9H2,1-3H3. The predicted molar refractivity (Wildman–Crippen MR) is 84.7 cm³/mol. The van der Waals surface area contributed by atoms with Crippen LogP contribution in [0.2, 0.25) is 0 Å². The van der Waals surface area contributed by atoms with Crippen LogP contribution in [0.15, 0.2) is 33.6 Å². The lowest BCUT2D eigenvalue weighted by molar-refractivity contribution is 0.253. The fraction of sp³-hybridized carbons (Fsp3) is 0.600. The van der Waals surface area contributed by atoms with Gasteiger partial charge < -0.3 is 5.32 Å². The van der Waals surface area contributed by atoms with Crippen molar-refractivity contribution in [2.45, 2.75) is 42.9 Å². The van der Waals surface area contributed by atoms with Gasteiger partial charge in [0.05, 0.1) is 16.0 Å². The first-order valence-corrected chi connectivity index (χ1v) is 8.87. The van der Waals surface area contributed by atoms with Crippen LogP contribution >= 0.6 is 15.9 Å². The zero-order chi connectivity index (χ0) is 14.0. The molecule has 0 heterocycles. The molecule has 1 fully saturated rings. The smallest absolute Gasteiger partial charge is 0.0579 e. The molecule has 5 atom stereocenters. The number of benzene rings is 1. The highest BCUT2D eigenvalue weighted by molar-refractivity contribution is 9.10. The van der Waals surface area contributed by atoms with Crippen LogP contribution < -0.4 is 5.32 Å². The van der Waals surface area contributed by atoms with Crippen LogP contribution in [-0.2, 0) is 10.8 Å². The normalized spacial score (nSPS) is 33.1. The van der Waals surface area contributed by atoms with E-state index in [1.54, 1.807) is 0 Å². The van der Waals surface area contributed by atoms with Gasteiger partial charge in [0.25, 0.3) is 0 Å². The van der Waals surface area contributed by atoms with Gasteiger partial charge in [-0.3, -0.25) is 4.21 Å². The minimum atomic E-state index is -0.936. The topological polar surface area (TPSA) is 29.1 Å². The van der Waals surface area contributed by atoms with Gasteiger partial charge in [0.1, 0.15) is 0 Å². The minimum Gasteiger partial charge on any atom is -0.316 e. The summed E-state index contributed by atoms with van der Waals surface area (Å²) in [7, 11) is 1.05. The van der Waals surface area contributed by atoms with Crippen LogP contribution in [-0.4, -0.2) is 22.5 Å². The van der Waals surface area contributed by atoms with Gasteiger partial charge in [-0.2, -0.15) is 0 Å². The molecule has 0 aromatic heterocycles. The van der Waals surface area contributed by atoms with Gasteiger partial charge in [-0.15, -0.1) is 0 Å². The molecule has 1 aliphatic rings. The van der Waals surface area contributed by atoms with Gasteiger partial charge in [0.2, 0.25) is 0 Å². The van der Waals surface area contributed by atoms with E-state index in [1.807, 2.05) is 31.3 Å². The predicted octanol–water partition coefficient (Wildman–Crippen LogP) is 3.58. The van der Waals surface area contributed by atoms with Crippen molar-refractivity contribution in [2.24, 2.45) is 11.8 Å². The van der Waals surface area contributed by atoms with Crippen LogP contribution in [0, 0.1) is 11.8 Å². The third-order valence-electron chi connectivity index (χ3n) is 4.05. The van der Waals surface area contributed by atoms with Crippen molar-refractivity contribution in [3.63, 3.8) is 0 Å². The highest BCUT2D eigenvalue weighted by Gasteiger charge is 2.37. The van der Waals surface area contributed by atoms with E-state index in [0.29, 0.717) is 17.9 Å². The Morgan fingerprint density at radius 3 is 2.42 bits per heavy atom. The molecule has 5 unspecified atom stereocenters. The Kier molecular flexibility index (Phi) is 5.21. The highest BCUT2D eigenvalue weighted by Crippen LogP contribution is 2.34. The van der Waals surface area contributed by atoms with Crippen molar-refractivity contribution >= 4 is 26.7 Å². The van der Waals surface area contributed by atoms with Crippen molar-refractivity contribution in [3.05, 3.63) is 28.7 Å².